The number of aliphatic hydroxyl groups excluding tert-OH is 1. The molecule has 0 aliphatic carbocycles. The largest absolute Gasteiger partial charge is 0.489 e. The Kier molecular flexibility index (Phi) is 10.5. The number of alkyl carbamates (subject to hydrolysis) is 1. The van der Waals surface area contributed by atoms with Crippen molar-refractivity contribution in [1.82, 2.24) is 10.6 Å². The van der Waals surface area contributed by atoms with Crippen molar-refractivity contribution < 1.29 is 29.0 Å². The van der Waals surface area contributed by atoms with Crippen LogP contribution in [-0.4, -0.2) is 41.7 Å². The van der Waals surface area contributed by atoms with Crippen molar-refractivity contribution in [3.63, 3.8) is 0 Å². The average Bonchev–Trinajstić information content (AvgIpc) is 2.91. The van der Waals surface area contributed by atoms with Gasteiger partial charge in [0.05, 0.1) is 12.5 Å². The smallest absolute Gasteiger partial charge is 0.407 e. The van der Waals surface area contributed by atoms with Gasteiger partial charge < -0.3 is 30.9 Å². The molecule has 0 fully saturated rings. The summed E-state index contributed by atoms with van der Waals surface area (Å²) < 4.78 is 10.8. The molecule has 9 heteroatoms. The zero-order valence-electron chi connectivity index (χ0n) is 20.3. The first-order valence-corrected chi connectivity index (χ1v) is 11.9. The van der Waals surface area contributed by atoms with Crippen LogP contribution < -0.4 is 21.1 Å². The zero-order valence-corrected chi connectivity index (χ0v) is 20.3. The minimum absolute atomic E-state index is 0.0870. The van der Waals surface area contributed by atoms with Gasteiger partial charge in [0.15, 0.2) is 0 Å². The summed E-state index contributed by atoms with van der Waals surface area (Å²) in [5, 5.41) is 15.0. The van der Waals surface area contributed by atoms with Gasteiger partial charge in [0.1, 0.15) is 25.0 Å². The first kappa shape index (κ1) is 27.2. The number of ether oxygens (including phenoxy) is 2. The van der Waals surface area contributed by atoms with Crippen molar-refractivity contribution in [3.05, 3.63) is 102 Å². The lowest BCUT2D eigenvalue weighted by atomic mass is 10.0. The molecule has 2 atom stereocenters. The van der Waals surface area contributed by atoms with E-state index in [0.717, 1.165) is 16.7 Å². The van der Waals surface area contributed by atoms with Crippen LogP contribution in [0.4, 0.5) is 4.79 Å². The fourth-order valence-electron chi connectivity index (χ4n) is 3.44. The summed E-state index contributed by atoms with van der Waals surface area (Å²) in [6.45, 7) is 0.332. The van der Waals surface area contributed by atoms with Crippen molar-refractivity contribution >= 4 is 17.9 Å². The molecule has 37 heavy (non-hydrogen) atoms. The van der Waals surface area contributed by atoms with Gasteiger partial charge in [0, 0.05) is 13.0 Å². The van der Waals surface area contributed by atoms with Gasteiger partial charge in [0.25, 0.3) is 0 Å². The molecule has 0 unspecified atom stereocenters. The van der Waals surface area contributed by atoms with Crippen LogP contribution in [0.2, 0.25) is 0 Å². The van der Waals surface area contributed by atoms with Gasteiger partial charge in [-0.05, 0) is 28.8 Å². The van der Waals surface area contributed by atoms with Crippen LogP contribution in [0.3, 0.4) is 0 Å². The standard InChI is InChI=1S/C28H31N3O6/c29-27(34)25(15-20-11-13-24(14-12-20)36-18-21-7-3-1-4-8-21)31-26(33)16-23(32)17-30-28(35)37-19-22-9-5-2-6-10-22/h1-14,23,25,32H,15-19H2,(H2,29,34)(H,30,35)(H,31,33)/t23-,25+/m1/s1. The number of rotatable bonds is 13. The average molecular weight is 506 g/mol. The number of hydrogen-bond donors (Lipinski definition) is 4. The first-order valence-electron chi connectivity index (χ1n) is 11.9. The fraction of sp³-hybridized carbons (Fsp3) is 0.250. The quantitative estimate of drug-likeness (QED) is 0.281. The van der Waals surface area contributed by atoms with Crippen LogP contribution in [0.1, 0.15) is 23.1 Å². The number of carbonyl (C=O) groups excluding carboxylic acids is 3. The van der Waals surface area contributed by atoms with Crippen molar-refractivity contribution in [1.29, 1.82) is 0 Å². The van der Waals surface area contributed by atoms with Gasteiger partial charge >= 0.3 is 6.09 Å². The van der Waals surface area contributed by atoms with Gasteiger partial charge in [-0.2, -0.15) is 0 Å². The number of carbonyl (C=O) groups is 3. The molecular weight excluding hydrogens is 474 g/mol. The second-order valence-corrected chi connectivity index (χ2v) is 8.45. The fourth-order valence-corrected chi connectivity index (χ4v) is 3.44. The molecule has 3 aromatic carbocycles. The predicted molar refractivity (Wildman–Crippen MR) is 137 cm³/mol. The van der Waals surface area contributed by atoms with E-state index >= 15 is 0 Å². The van der Waals surface area contributed by atoms with E-state index in [1.54, 1.807) is 24.3 Å². The maximum absolute atomic E-state index is 12.3. The summed E-state index contributed by atoms with van der Waals surface area (Å²) in [4.78, 5) is 36.0. The molecule has 3 aromatic rings. The van der Waals surface area contributed by atoms with Crippen LogP contribution >= 0.6 is 0 Å². The molecule has 3 rings (SSSR count). The van der Waals surface area contributed by atoms with E-state index in [9.17, 15) is 19.5 Å². The Bertz CT molecular complexity index is 1140. The summed E-state index contributed by atoms with van der Waals surface area (Å²) in [5.74, 6) is -0.599. The molecule has 194 valence electrons. The minimum Gasteiger partial charge on any atom is -0.489 e. The molecule has 0 aliphatic rings. The van der Waals surface area contributed by atoms with E-state index < -0.39 is 30.1 Å². The first-order chi connectivity index (χ1) is 17.9. The number of primary amides is 1. The SMILES string of the molecule is NC(=O)[C@H](Cc1ccc(OCc2ccccc2)cc1)NC(=O)C[C@@H](O)CNC(=O)OCc1ccccc1. The third-order valence-electron chi connectivity index (χ3n) is 5.41. The van der Waals surface area contributed by atoms with Crippen LogP contribution in [0, 0.1) is 0 Å². The molecule has 9 nitrogen and oxygen atoms in total. The highest BCUT2D eigenvalue weighted by Crippen LogP contribution is 2.15. The molecule has 0 aromatic heterocycles. The van der Waals surface area contributed by atoms with Crippen molar-refractivity contribution in [3.8, 4) is 5.75 Å². The van der Waals surface area contributed by atoms with Gasteiger partial charge in [-0.1, -0.05) is 72.8 Å². The summed E-state index contributed by atoms with van der Waals surface area (Å²) in [7, 11) is 0. The van der Waals surface area contributed by atoms with Crippen molar-refractivity contribution in [2.75, 3.05) is 6.54 Å². The lowest BCUT2D eigenvalue weighted by Crippen LogP contribution is -2.47. The Morgan fingerprint density at radius 1 is 0.811 bits per heavy atom. The molecule has 0 spiro atoms. The second kappa shape index (κ2) is 14.3. The van der Waals surface area contributed by atoms with E-state index in [2.05, 4.69) is 10.6 Å². The lowest BCUT2D eigenvalue weighted by Gasteiger charge is -2.18. The highest BCUT2D eigenvalue weighted by Gasteiger charge is 2.21. The van der Waals surface area contributed by atoms with Crippen LogP contribution in [0.25, 0.3) is 0 Å². The molecule has 0 radical (unpaired) electrons. The Morgan fingerprint density at radius 2 is 1.41 bits per heavy atom. The van der Waals surface area contributed by atoms with Crippen LogP contribution in [0.15, 0.2) is 84.9 Å². The minimum atomic E-state index is -1.17. The van der Waals surface area contributed by atoms with Crippen LogP contribution in [-0.2, 0) is 34.0 Å². The monoisotopic (exact) mass is 505 g/mol. The Labute approximate surface area is 215 Å². The second-order valence-electron chi connectivity index (χ2n) is 8.45. The maximum atomic E-state index is 12.3. The highest BCUT2D eigenvalue weighted by atomic mass is 16.5. The third-order valence-corrected chi connectivity index (χ3v) is 5.41. The molecule has 0 saturated carbocycles. The Hall–Kier alpha value is -4.37. The number of aliphatic hydroxyl groups is 1. The molecule has 3 amide bonds. The Morgan fingerprint density at radius 3 is 2.00 bits per heavy atom. The lowest BCUT2D eigenvalue weighted by molar-refractivity contribution is -0.128. The van der Waals surface area contributed by atoms with Gasteiger partial charge in [-0.25, -0.2) is 4.79 Å². The van der Waals surface area contributed by atoms with Gasteiger partial charge in [-0.3, -0.25) is 9.59 Å². The summed E-state index contributed by atoms with van der Waals surface area (Å²) in [5.41, 5.74) is 8.12. The van der Waals surface area contributed by atoms with E-state index in [1.807, 2.05) is 60.7 Å². The molecular formula is C28H31N3O6. The number of hydrogen-bond acceptors (Lipinski definition) is 6. The van der Waals surface area contributed by atoms with Gasteiger partial charge in [0.2, 0.25) is 11.8 Å². The molecule has 0 aliphatic heterocycles. The summed E-state index contributed by atoms with van der Waals surface area (Å²) in [6, 6.07) is 25.1. The highest BCUT2D eigenvalue weighted by molar-refractivity contribution is 5.87. The summed E-state index contributed by atoms with van der Waals surface area (Å²) >= 11 is 0. The number of nitrogens with two attached hydrogens (primary N) is 1. The van der Waals surface area contributed by atoms with Gasteiger partial charge in [-0.15, -0.1) is 0 Å². The zero-order chi connectivity index (χ0) is 26.5. The van der Waals surface area contributed by atoms with E-state index in [0.29, 0.717) is 12.4 Å². The summed E-state index contributed by atoms with van der Waals surface area (Å²) in [6.07, 6.45) is -2.02. The van der Waals surface area contributed by atoms with Crippen molar-refractivity contribution in [2.45, 2.75) is 38.2 Å². The molecule has 0 saturated heterocycles. The van der Waals surface area contributed by atoms with Crippen LogP contribution in [0.5, 0.6) is 5.75 Å². The number of amides is 3. The van der Waals surface area contributed by atoms with E-state index in [1.165, 1.54) is 0 Å². The third kappa shape index (κ3) is 10.0. The molecule has 0 bridgehead atoms. The predicted octanol–water partition coefficient (Wildman–Crippen LogP) is 2.46. The topological polar surface area (TPSA) is 140 Å². The van der Waals surface area contributed by atoms with E-state index in [-0.39, 0.29) is 26.0 Å². The van der Waals surface area contributed by atoms with E-state index in [4.69, 9.17) is 15.2 Å². The number of nitrogens with one attached hydrogen (secondary N) is 2. The normalized spacial score (nSPS) is 12.1. The molecule has 5 N–H and O–H groups in total. The Balaban J connectivity index is 1.39. The molecule has 0 heterocycles. The van der Waals surface area contributed by atoms with Crippen molar-refractivity contribution in [2.24, 2.45) is 5.73 Å². The number of benzene rings is 3. The maximum Gasteiger partial charge on any atom is 0.407 e.